The van der Waals surface area contributed by atoms with Gasteiger partial charge in [0, 0.05) is 11.8 Å². The normalized spacial score (nSPS) is 13.0. The van der Waals surface area contributed by atoms with Gasteiger partial charge in [0.15, 0.2) is 23.1 Å². The molecule has 0 fully saturated rings. The number of nitrogens with zero attached hydrogens (tertiary/aromatic N) is 2. The molecule has 2 heterocycles. The highest BCUT2D eigenvalue weighted by molar-refractivity contribution is 7.92. The van der Waals surface area contributed by atoms with E-state index in [1.165, 1.54) is 12.1 Å². The van der Waals surface area contributed by atoms with Crippen LogP contribution in [0.2, 0.25) is 0 Å². The quantitative estimate of drug-likeness (QED) is 0.470. The van der Waals surface area contributed by atoms with Crippen LogP contribution in [-0.2, 0) is 10.0 Å². The fraction of sp³-hybridized carbons (Fsp3) is 0.130. The fourth-order valence-corrected chi connectivity index (χ4v) is 4.33. The third-order valence-electron chi connectivity index (χ3n) is 4.94. The number of aryl methyl sites for hydroxylation is 1. The minimum Gasteiger partial charge on any atom is -0.486 e. The van der Waals surface area contributed by atoms with Crippen molar-refractivity contribution in [3.8, 4) is 11.5 Å². The summed E-state index contributed by atoms with van der Waals surface area (Å²) in [4.78, 5) is 9.15. The van der Waals surface area contributed by atoms with Gasteiger partial charge in [-0.2, -0.15) is 0 Å². The molecule has 0 amide bonds. The summed E-state index contributed by atoms with van der Waals surface area (Å²) in [5.41, 5.74) is 3.09. The van der Waals surface area contributed by atoms with Gasteiger partial charge < -0.3 is 14.8 Å². The monoisotopic (exact) mass is 448 g/mol. The summed E-state index contributed by atoms with van der Waals surface area (Å²) in [5.74, 6) is 1.30. The number of benzene rings is 3. The van der Waals surface area contributed by atoms with Gasteiger partial charge in [-0.1, -0.05) is 29.8 Å². The molecule has 0 spiro atoms. The zero-order valence-corrected chi connectivity index (χ0v) is 18.0. The number of nitrogens with one attached hydrogen (secondary N) is 2. The summed E-state index contributed by atoms with van der Waals surface area (Å²) < 4.78 is 39.9. The second-order valence-corrected chi connectivity index (χ2v) is 8.99. The molecule has 0 aliphatic carbocycles. The second-order valence-electron chi connectivity index (χ2n) is 7.31. The zero-order chi connectivity index (χ0) is 22.1. The number of sulfonamides is 1. The maximum Gasteiger partial charge on any atom is 0.263 e. The average molecular weight is 449 g/mol. The van der Waals surface area contributed by atoms with Gasteiger partial charge in [-0.25, -0.2) is 18.4 Å². The topological polar surface area (TPSA) is 102 Å². The first-order valence-electron chi connectivity index (χ1n) is 10.0. The van der Waals surface area contributed by atoms with Crippen LogP contribution in [0.15, 0.2) is 71.6 Å². The SMILES string of the molecule is Cc1ccc(Nc2nc3ccccc3nc2NS(=O)(=O)c2ccc3c(c2)OCCO3)cc1. The highest BCUT2D eigenvalue weighted by atomic mass is 32.2. The molecule has 0 unspecified atom stereocenters. The maximum absolute atomic E-state index is 13.2. The van der Waals surface area contributed by atoms with Crippen LogP contribution in [0, 0.1) is 6.92 Å². The Morgan fingerprint density at radius 3 is 2.19 bits per heavy atom. The highest BCUT2D eigenvalue weighted by Gasteiger charge is 2.22. The van der Waals surface area contributed by atoms with E-state index in [0.717, 1.165) is 11.3 Å². The first-order chi connectivity index (χ1) is 15.5. The van der Waals surface area contributed by atoms with Crippen molar-refractivity contribution < 1.29 is 17.9 Å². The largest absolute Gasteiger partial charge is 0.486 e. The third kappa shape index (κ3) is 4.02. The van der Waals surface area contributed by atoms with Gasteiger partial charge in [-0.15, -0.1) is 0 Å². The molecule has 1 aliphatic heterocycles. The van der Waals surface area contributed by atoms with E-state index in [9.17, 15) is 8.42 Å². The molecular formula is C23H20N4O4S. The number of para-hydroxylation sites is 2. The van der Waals surface area contributed by atoms with Gasteiger partial charge in [0.05, 0.1) is 15.9 Å². The van der Waals surface area contributed by atoms with E-state index in [2.05, 4.69) is 20.0 Å². The van der Waals surface area contributed by atoms with Crippen LogP contribution in [0.1, 0.15) is 5.56 Å². The summed E-state index contributed by atoms with van der Waals surface area (Å²) >= 11 is 0. The molecule has 5 rings (SSSR count). The van der Waals surface area contributed by atoms with Crippen LogP contribution in [0.3, 0.4) is 0 Å². The molecule has 0 saturated carbocycles. The van der Waals surface area contributed by atoms with Crippen LogP contribution in [0.5, 0.6) is 11.5 Å². The first kappa shape index (κ1) is 20.1. The summed E-state index contributed by atoms with van der Waals surface area (Å²) in [6.45, 7) is 2.79. The minimum atomic E-state index is -3.97. The number of anilines is 3. The van der Waals surface area contributed by atoms with Gasteiger partial charge in [0.2, 0.25) is 0 Å². The van der Waals surface area contributed by atoms with Gasteiger partial charge in [-0.3, -0.25) is 4.72 Å². The summed E-state index contributed by atoms with van der Waals surface area (Å²) in [6.07, 6.45) is 0. The number of fused-ring (bicyclic) bond motifs is 2. The fourth-order valence-electron chi connectivity index (χ4n) is 3.31. The molecule has 0 bridgehead atoms. The van der Waals surface area contributed by atoms with E-state index >= 15 is 0 Å². The number of hydrogen-bond acceptors (Lipinski definition) is 7. The predicted octanol–water partition coefficient (Wildman–Crippen LogP) is 4.25. The molecule has 2 N–H and O–H groups in total. The lowest BCUT2D eigenvalue weighted by molar-refractivity contribution is 0.171. The van der Waals surface area contributed by atoms with Gasteiger partial charge in [-0.05, 0) is 43.3 Å². The zero-order valence-electron chi connectivity index (χ0n) is 17.2. The molecule has 1 aliphatic rings. The van der Waals surface area contributed by atoms with Crippen LogP contribution >= 0.6 is 0 Å². The van der Waals surface area contributed by atoms with Crippen LogP contribution < -0.4 is 19.5 Å². The smallest absolute Gasteiger partial charge is 0.263 e. The average Bonchev–Trinajstić information content (AvgIpc) is 2.80. The van der Waals surface area contributed by atoms with Crippen LogP contribution in [0.4, 0.5) is 17.3 Å². The Bertz CT molecular complexity index is 1410. The van der Waals surface area contributed by atoms with E-state index in [0.29, 0.717) is 41.6 Å². The Hall–Kier alpha value is -3.85. The lowest BCUT2D eigenvalue weighted by Crippen LogP contribution is -2.18. The molecule has 3 aromatic carbocycles. The van der Waals surface area contributed by atoms with Crippen molar-refractivity contribution in [2.75, 3.05) is 23.3 Å². The number of aromatic nitrogens is 2. The summed E-state index contributed by atoms with van der Waals surface area (Å²) in [7, 11) is -3.97. The van der Waals surface area contributed by atoms with E-state index < -0.39 is 10.0 Å². The Morgan fingerprint density at radius 2 is 1.47 bits per heavy atom. The Labute approximate surface area is 185 Å². The van der Waals surface area contributed by atoms with Crippen molar-refractivity contribution in [3.63, 3.8) is 0 Å². The maximum atomic E-state index is 13.2. The highest BCUT2D eigenvalue weighted by Crippen LogP contribution is 2.33. The summed E-state index contributed by atoms with van der Waals surface area (Å²) in [6, 6.07) is 19.5. The predicted molar refractivity (Wildman–Crippen MR) is 122 cm³/mol. The van der Waals surface area contributed by atoms with E-state index in [4.69, 9.17) is 9.47 Å². The molecule has 1 aromatic heterocycles. The molecule has 0 saturated heterocycles. The third-order valence-corrected chi connectivity index (χ3v) is 6.28. The van der Waals surface area contributed by atoms with E-state index in [1.807, 2.05) is 49.4 Å². The number of hydrogen-bond donors (Lipinski definition) is 2. The second kappa shape index (κ2) is 8.01. The molecule has 32 heavy (non-hydrogen) atoms. The van der Waals surface area contributed by atoms with Crippen molar-refractivity contribution in [2.24, 2.45) is 0 Å². The Morgan fingerprint density at radius 1 is 0.812 bits per heavy atom. The summed E-state index contributed by atoms with van der Waals surface area (Å²) in [5, 5.41) is 3.17. The molecule has 9 heteroatoms. The molecule has 0 atom stereocenters. The van der Waals surface area contributed by atoms with Crippen molar-refractivity contribution in [3.05, 3.63) is 72.3 Å². The molecule has 8 nitrogen and oxygen atoms in total. The van der Waals surface area contributed by atoms with Crippen molar-refractivity contribution in [1.29, 1.82) is 0 Å². The lowest BCUT2D eigenvalue weighted by atomic mass is 10.2. The van der Waals surface area contributed by atoms with E-state index in [-0.39, 0.29) is 10.7 Å². The van der Waals surface area contributed by atoms with Gasteiger partial charge in [0.25, 0.3) is 10.0 Å². The van der Waals surface area contributed by atoms with Crippen molar-refractivity contribution in [2.45, 2.75) is 11.8 Å². The Balaban J connectivity index is 1.54. The molecule has 4 aromatic rings. The van der Waals surface area contributed by atoms with Crippen molar-refractivity contribution in [1.82, 2.24) is 9.97 Å². The van der Waals surface area contributed by atoms with Crippen LogP contribution in [-0.4, -0.2) is 31.6 Å². The van der Waals surface area contributed by atoms with Crippen molar-refractivity contribution >= 4 is 38.4 Å². The molecule has 0 radical (unpaired) electrons. The van der Waals surface area contributed by atoms with E-state index in [1.54, 1.807) is 12.1 Å². The number of ether oxygens (including phenoxy) is 2. The van der Waals surface area contributed by atoms with Crippen LogP contribution in [0.25, 0.3) is 11.0 Å². The standard InChI is InChI=1S/C23H20N4O4S/c1-15-6-8-16(9-7-15)24-22-23(26-19-5-3-2-4-18(19)25-22)27-32(28,29)17-10-11-20-21(14-17)31-13-12-30-20/h2-11,14H,12-13H2,1H3,(H,24,25)(H,26,27). The lowest BCUT2D eigenvalue weighted by Gasteiger charge is -2.19. The molecule has 162 valence electrons. The molecular weight excluding hydrogens is 428 g/mol. The number of rotatable bonds is 5. The van der Waals surface area contributed by atoms with Gasteiger partial charge >= 0.3 is 0 Å². The minimum absolute atomic E-state index is 0.0398. The first-order valence-corrected chi connectivity index (χ1v) is 11.5. The Kier molecular flexibility index (Phi) is 5.02. The van der Waals surface area contributed by atoms with Gasteiger partial charge in [0.1, 0.15) is 13.2 Å².